The summed E-state index contributed by atoms with van der Waals surface area (Å²) in [6, 6.07) is 7.97. The van der Waals surface area contributed by atoms with E-state index < -0.39 is 0 Å². The van der Waals surface area contributed by atoms with E-state index in [9.17, 15) is 0 Å². The van der Waals surface area contributed by atoms with Gasteiger partial charge in [-0.1, -0.05) is 25.1 Å². The largest absolute Gasteiger partial charge is 0.398 e. The van der Waals surface area contributed by atoms with Gasteiger partial charge < -0.3 is 10.6 Å². The van der Waals surface area contributed by atoms with Crippen LogP contribution in [-0.2, 0) is 13.0 Å². The van der Waals surface area contributed by atoms with Gasteiger partial charge in [0.1, 0.15) is 5.82 Å². The van der Waals surface area contributed by atoms with Crippen LogP contribution in [0.25, 0.3) is 0 Å². The summed E-state index contributed by atoms with van der Waals surface area (Å²) < 4.78 is 4.40. The number of hydrogen-bond donors (Lipinski definition) is 1. The molecular weight excluding hydrogens is 256 g/mol. The Bertz CT molecular complexity index is 524. The zero-order chi connectivity index (χ0) is 13.7. The van der Waals surface area contributed by atoms with Crippen LogP contribution in [0.1, 0.15) is 31.7 Å². The van der Waals surface area contributed by atoms with Gasteiger partial charge in [0.05, 0.1) is 0 Å². The van der Waals surface area contributed by atoms with Crippen molar-refractivity contribution in [3.8, 4) is 0 Å². The van der Waals surface area contributed by atoms with Crippen molar-refractivity contribution < 1.29 is 0 Å². The summed E-state index contributed by atoms with van der Waals surface area (Å²) >= 11 is 1.47. The van der Waals surface area contributed by atoms with Crippen LogP contribution in [0.5, 0.6) is 0 Å². The van der Waals surface area contributed by atoms with Crippen LogP contribution in [0.4, 0.5) is 10.8 Å². The number of hydrogen-bond acceptors (Lipinski definition) is 5. The lowest BCUT2D eigenvalue weighted by molar-refractivity contribution is 0.810. The predicted octanol–water partition coefficient (Wildman–Crippen LogP) is 3.10. The summed E-state index contributed by atoms with van der Waals surface area (Å²) in [4.78, 5) is 6.80. The average molecular weight is 276 g/mol. The molecule has 5 heteroatoms. The van der Waals surface area contributed by atoms with E-state index in [4.69, 9.17) is 5.73 Å². The Morgan fingerprint density at radius 3 is 2.74 bits per heavy atom. The number of aromatic nitrogens is 2. The van der Waals surface area contributed by atoms with E-state index in [1.807, 2.05) is 18.2 Å². The Kier molecular flexibility index (Phi) is 4.74. The lowest BCUT2D eigenvalue weighted by Gasteiger charge is -2.20. The minimum Gasteiger partial charge on any atom is -0.398 e. The maximum atomic E-state index is 6.00. The average Bonchev–Trinajstić information content (AvgIpc) is 2.87. The molecule has 0 aliphatic rings. The predicted molar refractivity (Wildman–Crippen MR) is 81.5 cm³/mol. The monoisotopic (exact) mass is 276 g/mol. The molecule has 1 aromatic carbocycles. The maximum Gasteiger partial charge on any atom is 0.205 e. The molecule has 19 heavy (non-hydrogen) atoms. The van der Waals surface area contributed by atoms with Gasteiger partial charge in [-0.25, -0.2) is 4.98 Å². The van der Waals surface area contributed by atoms with E-state index in [1.54, 1.807) is 0 Å². The second-order valence-corrected chi connectivity index (χ2v) is 5.19. The Labute approximate surface area is 118 Å². The highest BCUT2D eigenvalue weighted by atomic mass is 32.1. The van der Waals surface area contributed by atoms with Crippen LogP contribution < -0.4 is 10.6 Å². The molecular formula is C14H20N4S. The molecule has 0 spiro atoms. The topological polar surface area (TPSA) is 55.0 Å². The number of para-hydroxylation sites is 1. The third kappa shape index (κ3) is 3.44. The summed E-state index contributed by atoms with van der Waals surface area (Å²) in [6.07, 6.45) is 2.02. The smallest absolute Gasteiger partial charge is 0.205 e. The quantitative estimate of drug-likeness (QED) is 0.824. The van der Waals surface area contributed by atoms with Gasteiger partial charge in [0, 0.05) is 36.7 Å². The highest BCUT2D eigenvalue weighted by Gasteiger charge is 2.12. The Balaban J connectivity index is 2.13. The SMILES string of the molecule is CCCc1nsc(N(CC)Cc2ccccc2N)n1. The standard InChI is InChI=1S/C14H20N4S/c1-3-7-13-16-14(19-17-13)18(4-2)10-11-8-5-6-9-12(11)15/h5-6,8-9H,3-4,7,10,15H2,1-2H3. The van der Waals surface area contributed by atoms with Gasteiger partial charge in [-0.05, 0) is 25.0 Å². The maximum absolute atomic E-state index is 6.00. The molecule has 2 N–H and O–H groups in total. The van der Waals surface area contributed by atoms with Gasteiger partial charge >= 0.3 is 0 Å². The van der Waals surface area contributed by atoms with Gasteiger partial charge in [0.15, 0.2) is 0 Å². The molecule has 2 aromatic rings. The lowest BCUT2D eigenvalue weighted by atomic mass is 10.2. The second-order valence-electron chi connectivity index (χ2n) is 4.46. The van der Waals surface area contributed by atoms with Crippen molar-refractivity contribution in [1.82, 2.24) is 9.36 Å². The van der Waals surface area contributed by atoms with Crippen LogP contribution >= 0.6 is 11.5 Å². The summed E-state index contributed by atoms with van der Waals surface area (Å²) in [6.45, 7) is 5.95. The number of nitrogen functional groups attached to an aromatic ring is 1. The molecule has 0 radical (unpaired) electrons. The molecule has 0 aliphatic heterocycles. The first-order valence-corrected chi connectivity index (χ1v) is 7.42. The fraction of sp³-hybridized carbons (Fsp3) is 0.429. The zero-order valence-electron chi connectivity index (χ0n) is 11.5. The minimum atomic E-state index is 0.782. The van der Waals surface area contributed by atoms with Gasteiger partial charge in [-0.2, -0.15) is 4.37 Å². The highest BCUT2D eigenvalue weighted by molar-refractivity contribution is 7.09. The highest BCUT2D eigenvalue weighted by Crippen LogP contribution is 2.22. The number of nitrogens with two attached hydrogens (primary N) is 1. The number of benzene rings is 1. The first-order chi connectivity index (χ1) is 9.24. The molecule has 0 aliphatic carbocycles. The molecule has 0 fully saturated rings. The van der Waals surface area contributed by atoms with Crippen LogP contribution in [0.15, 0.2) is 24.3 Å². The lowest BCUT2D eigenvalue weighted by Crippen LogP contribution is -2.22. The minimum absolute atomic E-state index is 0.782. The molecule has 4 nitrogen and oxygen atoms in total. The number of rotatable bonds is 6. The van der Waals surface area contributed by atoms with Crippen molar-refractivity contribution in [2.75, 3.05) is 17.2 Å². The molecule has 1 aromatic heterocycles. The molecule has 1 heterocycles. The Morgan fingerprint density at radius 1 is 1.26 bits per heavy atom. The van der Waals surface area contributed by atoms with E-state index in [-0.39, 0.29) is 0 Å². The number of anilines is 2. The number of nitrogens with zero attached hydrogens (tertiary/aromatic N) is 3. The summed E-state index contributed by atoms with van der Waals surface area (Å²) in [5, 5.41) is 0.981. The van der Waals surface area contributed by atoms with Crippen molar-refractivity contribution in [3.63, 3.8) is 0 Å². The Morgan fingerprint density at radius 2 is 2.05 bits per heavy atom. The first-order valence-electron chi connectivity index (χ1n) is 6.65. The molecule has 0 saturated carbocycles. The van der Waals surface area contributed by atoms with E-state index in [2.05, 4.69) is 34.2 Å². The van der Waals surface area contributed by atoms with Crippen LogP contribution in [0.3, 0.4) is 0 Å². The molecule has 0 amide bonds. The van der Waals surface area contributed by atoms with E-state index >= 15 is 0 Å². The fourth-order valence-corrected chi connectivity index (χ4v) is 2.67. The van der Waals surface area contributed by atoms with Crippen molar-refractivity contribution >= 4 is 22.4 Å². The Hall–Kier alpha value is -1.62. The number of aryl methyl sites for hydroxylation is 1. The summed E-state index contributed by atoms with van der Waals surface area (Å²) in [5.74, 6) is 0.946. The second kappa shape index (κ2) is 6.52. The molecule has 0 unspecified atom stereocenters. The van der Waals surface area contributed by atoms with Gasteiger partial charge in [-0.3, -0.25) is 0 Å². The van der Waals surface area contributed by atoms with Crippen molar-refractivity contribution in [1.29, 1.82) is 0 Å². The summed E-state index contributed by atoms with van der Waals surface area (Å²) in [5.41, 5.74) is 7.96. The molecule has 0 bridgehead atoms. The normalized spacial score (nSPS) is 10.6. The molecule has 2 rings (SSSR count). The van der Waals surface area contributed by atoms with Gasteiger partial charge in [0.25, 0.3) is 0 Å². The van der Waals surface area contributed by atoms with Crippen molar-refractivity contribution in [3.05, 3.63) is 35.7 Å². The van der Waals surface area contributed by atoms with E-state index in [0.29, 0.717) is 0 Å². The summed E-state index contributed by atoms with van der Waals surface area (Å²) in [7, 11) is 0. The van der Waals surface area contributed by atoms with Gasteiger partial charge in [0.2, 0.25) is 5.13 Å². The van der Waals surface area contributed by atoms with E-state index in [0.717, 1.165) is 48.1 Å². The van der Waals surface area contributed by atoms with Crippen molar-refractivity contribution in [2.45, 2.75) is 33.2 Å². The third-order valence-electron chi connectivity index (χ3n) is 3.00. The molecule has 0 atom stereocenters. The van der Waals surface area contributed by atoms with Crippen LogP contribution in [0.2, 0.25) is 0 Å². The zero-order valence-corrected chi connectivity index (χ0v) is 12.3. The molecule has 102 valence electrons. The third-order valence-corrected chi connectivity index (χ3v) is 3.81. The van der Waals surface area contributed by atoms with Crippen LogP contribution in [0, 0.1) is 0 Å². The van der Waals surface area contributed by atoms with Crippen LogP contribution in [-0.4, -0.2) is 15.9 Å². The first kappa shape index (κ1) is 13.8. The van der Waals surface area contributed by atoms with E-state index in [1.165, 1.54) is 11.5 Å². The van der Waals surface area contributed by atoms with Gasteiger partial charge in [-0.15, -0.1) is 0 Å². The fourth-order valence-electron chi connectivity index (χ4n) is 1.90. The van der Waals surface area contributed by atoms with Crippen molar-refractivity contribution in [2.24, 2.45) is 0 Å². The molecule has 0 saturated heterocycles.